The number of aryl methyl sites for hydroxylation is 1. The monoisotopic (exact) mass is 268 g/mol. The maximum absolute atomic E-state index is 11.1. The Morgan fingerprint density at radius 1 is 1.32 bits per heavy atom. The summed E-state index contributed by atoms with van der Waals surface area (Å²) in [6.07, 6.45) is -0.758. The molecule has 0 aliphatic heterocycles. The van der Waals surface area contributed by atoms with E-state index in [0.29, 0.717) is 5.75 Å². The van der Waals surface area contributed by atoms with E-state index in [2.05, 4.69) is 0 Å². The second kappa shape index (κ2) is 7.11. The number of hydrogen-bond acceptors (Lipinski definition) is 4. The number of aliphatic hydroxyl groups is 1. The molecule has 1 aromatic carbocycles. The molecule has 0 fully saturated rings. The van der Waals surface area contributed by atoms with E-state index in [4.69, 9.17) is 14.6 Å². The van der Waals surface area contributed by atoms with Gasteiger partial charge in [0.2, 0.25) is 0 Å². The molecule has 0 aliphatic carbocycles. The Labute approximate surface area is 112 Å². The summed E-state index contributed by atoms with van der Waals surface area (Å²) in [6.45, 7) is 5.66. The van der Waals surface area contributed by atoms with Crippen LogP contribution in [0.15, 0.2) is 18.2 Å². The molecule has 19 heavy (non-hydrogen) atoms. The summed E-state index contributed by atoms with van der Waals surface area (Å²) < 4.78 is 10.7. The van der Waals surface area contributed by atoms with E-state index < -0.39 is 12.1 Å². The van der Waals surface area contributed by atoms with Crippen LogP contribution in [0.2, 0.25) is 0 Å². The molecule has 0 aliphatic rings. The van der Waals surface area contributed by atoms with Gasteiger partial charge in [-0.15, -0.1) is 0 Å². The predicted octanol–water partition coefficient (Wildman–Crippen LogP) is 1.86. The molecular formula is C14H20O5. The molecule has 0 saturated carbocycles. The standard InChI is InChI=1S/C14H20O5/c1-9(2)18-7-11(15)8-19-13-10(3)5-4-6-12(13)14(16)17/h4-6,9,11,15H,7-8H2,1-3H3,(H,16,17). The molecular weight excluding hydrogens is 248 g/mol. The minimum absolute atomic E-state index is 0.00213. The maximum atomic E-state index is 11.1. The fourth-order valence-electron chi connectivity index (χ4n) is 1.54. The van der Waals surface area contributed by atoms with Crippen LogP contribution in [0, 0.1) is 6.92 Å². The molecule has 0 aromatic heterocycles. The third-order valence-electron chi connectivity index (χ3n) is 2.48. The van der Waals surface area contributed by atoms with Crippen LogP contribution in [0.1, 0.15) is 29.8 Å². The van der Waals surface area contributed by atoms with Crippen molar-refractivity contribution in [3.05, 3.63) is 29.3 Å². The van der Waals surface area contributed by atoms with Gasteiger partial charge in [-0.2, -0.15) is 0 Å². The summed E-state index contributed by atoms with van der Waals surface area (Å²) in [5.41, 5.74) is 0.814. The zero-order chi connectivity index (χ0) is 14.4. The first-order valence-corrected chi connectivity index (χ1v) is 6.17. The number of rotatable bonds is 7. The molecule has 0 bridgehead atoms. The van der Waals surface area contributed by atoms with Crippen molar-refractivity contribution < 1.29 is 24.5 Å². The van der Waals surface area contributed by atoms with Crippen LogP contribution in [0.25, 0.3) is 0 Å². The van der Waals surface area contributed by atoms with Gasteiger partial charge >= 0.3 is 5.97 Å². The highest BCUT2D eigenvalue weighted by Gasteiger charge is 2.15. The second-order valence-electron chi connectivity index (χ2n) is 4.60. The van der Waals surface area contributed by atoms with Crippen LogP contribution >= 0.6 is 0 Å². The Kier molecular flexibility index (Phi) is 5.79. The van der Waals surface area contributed by atoms with Gasteiger partial charge < -0.3 is 19.7 Å². The molecule has 0 amide bonds. The molecule has 1 atom stereocenters. The lowest BCUT2D eigenvalue weighted by atomic mass is 10.1. The van der Waals surface area contributed by atoms with Gasteiger partial charge in [0.1, 0.15) is 24.0 Å². The van der Waals surface area contributed by atoms with Crippen LogP contribution in [0.5, 0.6) is 5.75 Å². The van der Waals surface area contributed by atoms with Crippen molar-refractivity contribution in [2.45, 2.75) is 33.0 Å². The number of hydrogen-bond donors (Lipinski definition) is 2. The van der Waals surface area contributed by atoms with Crippen LogP contribution in [-0.4, -0.2) is 41.6 Å². The Balaban J connectivity index is 2.64. The summed E-state index contributed by atoms with van der Waals surface area (Å²) in [5, 5.41) is 18.7. The second-order valence-corrected chi connectivity index (χ2v) is 4.60. The van der Waals surface area contributed by atoms with Gasteiger partial charge in [-0.1, -0.05) is 12.1 Å². The molecule has 0 saturated heterocycles. The number of carbonyl (C=O) groups is 1. The molecule has 106 valence electrons. The van der Waals surface area contributed by atoms with Crippen LogP contribution < -0.4 is 4.74 Å². The highest BCUT2D eigenvalue weighted by Crippen LogP contribution is 2.23. The average Bonchev–Trinajstić information content (AvgIpc) is 2.34. The third-order valence-corrected chi connectivity index (χ3v) is 2.48. The lowest BCUT2D eigenvalue weighted by Gasteiger charge is -2.16. The molecule has 0 heterocycles. The van der Waals surface area contributed by atoms with E-state index in [0.717, 1.165) is 5.56 Å². The molecule has 2 N–H and O–H groups in total. The van der Waals surface area contributed by atoms with Crippen LogP contribution in [-0.2, 0) is 4.74 Å². The van der Waals surface area contributed by atoms with E-state index in [1.165, 1.54) is 6.07 Å². The fourth-order valence-corrected chi connectivity index (χ4v) is 1.54. The highest BCUT2D eigenvalue weighted by molar-refractivity contribution is 5.91. The normalized spacial score (nSPS) is 12.5. The Bertz CT molecular complexity index is 428. The molecule has 1 rings (SSSR count). The first-order chi connectivity index (χ1) is 8.91. The lowest BCUT2D eigenvalue weighted by Crippen LogP contribution is -2.25. The number of benzene rings is 1. The highest BCUT2D eigenvalue weighted by atomic mass is 16.5. The maximum Gasteiger partial charge on any atom is 0.339 e. The minimum atomic E-state index is -1.05. The van der Waals surface area contributed by atoms with Crippen LogP contribution in [0.4, 0.5) is 0 Å². The predicted molar refractivity (Wildman–Crippen MR) is 70.7 cm³/mol. The van der Waals surface area contributed by atoms with Gasteiger partial charge in [0.05, 0.1) is 12.7 Å². The molecule has 5 heteroatoms. The minimum Gasteiger partial charge on any atom is -0.490 e. The van der Waals surface area contributed by atoms with E-state index in [1.807, 2.05) is 13.8 Å². The molecule has 0 radical (unpaired) electrons. The van der Waals surface area contributed by atoms with E-state index in [9.17, 15) is 9.90 Å². The molecule has 5 nitrogen and oxygen atoms in total. The quantitative estimate of drug-likeness (QED) is 0.789. The number of aromatic carboxylic acids is 1. The first-order valence-electron chi connectivity index (χ1n) is 6.17. The fraction of sp³-hybridized carbons (Fsp3) is 0.500. The summed E-state index contributed by atoms with van der Waals surface area (Å²) in [5.74, 6) is -0.759. The summed E-state index contributed by atoms with van der Waals surface area (Å²) >= 11 is 0. The number of ether oxygens (including phenoxy) is 2. The van der Waals surface area contributed by atoms with Crippen molar-refractivity contribution in [2.24, 2.45) is 0 Å². The summed E-state index contributed by atoms with van der Waals surface area (Å²) in [4.78, 5) is 11.1. The Morgan fingerprint density at radius 3 is 2.58 bits per heavy atom. The van der Waals surface area contributed by atoms with Gasteiger partial charge in [0.25, 0.3) is 0 Å². The van der Waals surface area contributed by atoms with E-state index in [1.54, 1.807) is 19.1 Å². The first kappa shape index (κ1) is 15.5. The van der Waals surface area contributed by atoms with Crippen molar-refractivity contribution in [3.63, 3.8) is 0 Å². The largest absolute Gasteiger partial charge is 0.490 e. The number of para-hydroxylation sites is 1. The van der Waals surface area contributed by atoms with Gasteiger partial charge in [0, 0.05) is 0 Å². The zero-order valence-electron chi connectivity index (χ0n) is 11.4. The van der Waals surface area contributed by atoms with Gasteiger partial charge in [-0.25, -0.2) is 4.79 Å². The third kappa shape index (κ3) is 4.89. The lowest BCUT2D eigenvalue weighted by molar-refractivity contribution is -0.0125. The number of aliphatic hydroxyl groups excluding tert-OH is 1. The molecule has 1 unspecified atom stereocenters. The van der Waals surface area contributed by atoms with Crippen molar-refractivity contribution in [2.75, 3.05) is 13.2 Å². The van der Waals surface area contributed by atoms with Crippen LogP contribution in [0.3, 0.4) is 0 Å². The van der Waals surface area contributed by atoms with Crippen molar-refractivity contribution in [1.82, 2.24) is 0 Å². The molecule has 0 spiro atoms. The number of carboxylic acids is 1. The number of carboxylic acid groups (broad SMARTS) is 1. The van der Waals surface area contributed by atoms with Crippen molar-refractivity contribution in [1.29, 1.82) is 0 Å². The van der Waals surface area contributed by atoms with Crippen molar-refractivity contribution in [3.8, 4) is 5.75 Å². The van der Waals surface area contributed by atoms with Gasteiger partial charge in [-0.05, 0) is 32.4 Å². The van der Waals surface area contributed by atoms with Crippen molar-refractivity contribution >= 4 is 5.97 Å². The smallest absolute Gasteiger partial charge is 0.339 e. The zero-order valence-corrected chi connectivity index (χ0v) is 11.4. The summed E-state index contributed by atoms with van der Waals surface area (Å²) in [6, 6.07) is 4.89. The summed E-state index contributed by atoms with van der Waals surface area (Å²) in [7, 11) is 0. The van der Waals surface area contributed by atoms with Gasteiger partial charge in [-0.3, -0.25) is 0 Å². The van der Waals surface area contributed by atoms with Gasteiger partial charge in [0.15, 0.2) is 0 Å². The average molecular weight is 268 g/mol. The Hall–Kier alpha value is -1.59. The SMILES string of the molecule is Cc1cccc(C(=O)O)c1OCC(O)COC(C)C. The topological polar surface area (TPSA) is 76.0 Å². The van der Waals surface area contributed by atoms with E-state index >= 15 is 0 Å². The Morgan fingerprint density at radius 2 is 2.00 bits per heavy atom. The van der Waals surface area contributed by atoms with E-state index in [-0.39, 0.29) is 24.9 Å². The molecule has 1 aromatic rings.